The van der Waals surface area contributed by atoms with Crippen molar-refractivity contribution >= 4 is 17.9 Å². The molecule has 50 heavy (non-hydrogen) atoms. The van der Waals surface area contributed by atoms with Crippen LogP contribution in [0.5, 0.6) is 0 Å². The molecule has 0 saturated heterocycles. The molecule has 0 N–H and O–H groups in total. The van der Waals surface area contributed by atoms with E-state index in [1.807, 2.05) is 30.3 Å². The minimum absolute atomic E-state index is 0.0161. The van der Waals surface area contributed by atoms with Crippen LogP contribution in [0.3, 0.4) is 0 Å². The van der Waals surface area contributed by atoms with Crippen LogP contribution in [-0.2, 0) is 35.2 Å². The first-order chi connectivity index (χ1) is 23.4. The number of benzene rings is 1. The Morgan fingerprint density at radius 3 is 2.20 bits per heavy atom. The predicted octanol–water partition coefficient (Wildman–Crippen LogP) is 9.89. The van der Waals surface area contributed by atoms with Crippen LogP contribution in [0.1, 0.15) is 132 Å². The highest BCUT2D eigenvalue weighted by Gasteiger charge is 2.72. The zero-order valence-corrected chi connectivity index (χ0v) is 32.5. The smallest absolute Gasteiger partial charge is 0.312 e. The van der Waals surface area contributed by atoms with Crippen LogP contribution >= 0.6 is 0 Å². The molecule has 0 aliphatic heterocycles. The molecule has 6 rings (SSSR count). The van der Waals surface area contributed by atoms with Crippen LogP contribution in [-0.4, -0.2) is 31.1 Å². The van der Waals surface area contributed by atoms with E-state index in [0.29, 0.717) is 30.3 Å². The number of hydrogen-bond donors (Lipinski definition) is 0. The molecule has 5 saturated carbocycles. The van der Waals surface area contributed by atoms with Gasteiger partial charge in [-0.2, -0.15) is 0 Å². The van der Waals surface area contributed by atoms with Crippen molar-refractivity contribution in [2.24, 2.45) is 62.1 Å². The summed E-state index contributed by atoms with van der Waals surface area (Å²) in [7, 11) is 1.36. The molecule has 6 nitrogen and oxygen atoms in total. The summed E-state index contributed by atoms with van der Waals surface area (Å²) in [4.78, 5) is 39.9. The Balaban J connectivity index is 1.24. The summed E-state index contributed by atoms with van der Waals surface area (Å²) in [6.45, 7) is 22.9. The molecule has 10 atom stereocenters. The summed E-state index contributed by atoms with van der Waals surface area (Å²) >= 11 is 0. The maximum absolute atomic E-state index is 14.3. The van der Waals surface area contributed by atoms with Crippen LogP contribution in [0.4, 0.5) is 0 Å². The normalized spacial score (nSPS) is 40.3. The van der Waals surface area contributed by atoms with E-state index < -0.39 is 16.8 Å². The number of allylic oxidation sites excluding steroid dienone is 1. The number of hydrogen-bond acceptors (Lipinski definition) is 6. The minimum atomic E-state index is -0.918. The van der Waals surface area contributed by atoms with E-state index in [2.05, 4.69) is 48.1 Å². The first kappa shape index (κ1) is 37.1. The van der Waals surface area contributed by atoms with Crippen molar-refractivity contribution < 1.29 is 28.6 Å². The molecule has 6 heteroatoms. The molecule has 0 spiro atoms. The van der Waals surface area contributed by atoms with Gasteiger partial charge in [0, 0.05) is 5.41 Å². The zero-order valence-electron chi connectivity index (χ0n) is 32.5. The Hall–Kier alpha value is -2.63. The van der Waals surface area contributed by atoms with Crippen molar-refractivity contribution in [3.63, 3.8) is 0 Å². The van der Waals surface area contributed by atoms with Crippen LogP contribution in [0, 0.1) is 62.1 Å². The van der Waals surface area contributed by atoms with Gasteiger partial charge in [-0.05, 0) is 136 Å². The standard InChI is InChI=1S/C44H64O6/c1-28(2)30-18-23-44(38(47)49-27-29-14-12-11-13-15-29)25-24-42(8)31(36(30)44)16-17-33-41(7)21-20-34(40(5,6)32(41)19-22-43(33,42)9)50-35(45)26-39(3,4)37(46)48-10/h11-15,30-34,36H,1,16-27H2,2-10H3/t30?,31?,32?,33?,34?,36?,41?,42-,43?,44?/m1/s1. The topological polar surface area (TPSA) is 78.9 Å². The lowest BCUT2D eigenvalue weighted by Gasteiger charge is -2.72. The Kier molecular flexibility index (Phi) is 9.50. The van der Waals surface area contributed by atoms with E-state index in [-0.39, 0.29) is 52.0 Å². The summed E-state index contributed by atoms with van der Waals surface area (Å²) in [5, 5.41) is 0. The molecule has 0 bridgehead atoms. The molecule has 5 fully saturated rings. The molecular formula is C44H64O6. The van der Waals surface area contributed by atoms with Gasteiger partial charge in [-0.15, -0.1) is 0 Å². The predicted molar refractivity (Wildman–Crippen MR) is 196 cm³/mol. The fraction of sp³-hybridized carbons (Fsp3) is 0.750. The van der Waals surface area contributed by atoms with Crippen molar-refractivity contribution in [1.82, 2.24) is 0 Å². The second-order valence-electron chi connectivity index (χ2n) is 19.3. The first-order valence-electron chi connectivity index (χ1n) is 19.5. The van der Waals surface area contributed by atoms with Gasteiger partial charge in [-0.3, -0.25) is 14.4 Å². The quantitative estimate of drug-likeness (QED) is 0.154. The van der Waals surface area contributed by atoms with Crippen LogP contribution < -0.4 is 0 Å². The number of esters is 3. The number of methoxy groups -OCH3 is 1. The third-order valence-corrected chi connectivity index (χ3v) is 16.2. The molecule has 1 aromatic carbocycles. The van der Waals surface area contributed by atoms with Crippen molar-refractivity contribution in [2.75, 3.05) is 7.11 Å². The highest BCUT2D eigenvalue weighted by atomic mass is 16.5. The van der Waals surface area contributed by atoms with E-state index >= 15 is 0 Å². The van der Waals surface area contributed by atoms with Crippen molar-refractivity contribution in [3.05, 3.63) is 48.0 Å². The summed E-state index contributed by atoms with van der Waals surface area (Å²) in [6.07, 6.45) is 10.2. The molecule has 276 valence electrons. The molecule has 5 aliphatic rings. The molecule has 9 unspecified atom stereocenters. The van der Waals surface area contributed by atoms with E-state index in [1.54, 1.807) is 13.8 Å². The van der Waals surface area contributed by atoms with Crippen molar-refractivity contribution in [2.45, 2.75) is 139 Å². The number of fused-ring (bicyclic) bond motifs is 7. The van der Waals surface area contributed by atoms with Crippen molar-refractivity contribution in [1.29, 1.82) is 0 Å². The molecule has 0 aromatic heterocycles. The van der Waals surface area contributed by atoms with E-state index in [9.17, 15) is 14.4 Å². The largest absolute Gasteiger partial charge is 0.469 e. The highest BCUT2D eigenvalue weighted by molar-refractivity contribution is 5.82. The molecule has 1 aromatic rings. The van der Waals surface area contributed by atoms with Gasteiger partial charge in [-0.1, -0.05) is 77.1 Å². The summed E-state index contributed by atoms with van der Waals surface area (Å²) < 4.78 is 17.4. The van der Waals surface area contributed by atoms with Gasteiger partial charge < -0.3 is 14.2 Å². The number of ether oxygens (including phenoxy) is 3. The van der Waals surface area contributed by atoms with Crippen LogP contribution in [0.2, 0.25) is 0 Å². The number of carbonyl (C=O) groups excluding carboxylic acids is 3. The lowest BCUT2D eigenvalue weighted by atomic mass is 9.32. The second kappa shape index (κ2) is 12.8. The SMILES string of the molecule is C=C(C)C1CCC2(C(=O)OCc3ccccc3)CC[C@]3(C)C(CCC4C5(C)CCC(OC(=O)CC(C)(C)C(=O)OC)C(C)(C)C5CCC43C)C12. The maximum atomic E-state index is 14.3. The first-order valence-corrected chi connectivity index (χ1v) is 19.5. The Labute approximate surface area is 301 Å². The van der Waals surface area contributed by atoms with Gasteiger partial charge in [0.2, 0.25) is 0 Å². The Morgan fingerprint density at radius 1 is 0.840 bits per heavy atom. The molecular weight excluding hydrogens is 624 g/mol. The van der Waals surface area contributed by atoms with Gasteiger partial charge in [-0.25, -0.2) is 0 Å². The maximum Gasteiger partial charge on any atom is 0.312 e. The summed E-state index contributed by atoms with van der Waals surface area (Å²) in [5.74, 6) is 1.38. The summed E-state index contributed by atoms with van der Waals surface area (Å²) in [5.41, 5.74) is 1.13. The lowest BCUT2D eigenvalue weighted by molar-refractivity contribution is -0.251. The third kappa shape index (κ3) is 5.59. The van der Waals surface area contributed by atoms with E-state index in [1.165, 1.54) is 19.1 Å². The molecule has 5 aliphatic carbocycles. The van der Waals surface area contributed by atoms with Gasteiger partial charge in [0.15, 0.2) is 0 Å². The van der Waals surface area contributed by atoms with E-state index in [4.69, 9.17) is 14.2 Å². The molecule has 0 radical (unpaired) electrons. The van der Waals surface area contributed by atoms with Gasteiger partial charge in [0.1, 0.15) is 12.7 Å². The van der Waals surface area contributed by atoms with Gasteiger partial charge >= 0.3 is 17.9 Å². The monoisotopic (exact) mass is 688 g/mol. The second-order valence-corrected chi connectivity index (χ2v) is 19.3. The Morgan fingerprint density at radius 2 is 1.54 bits per heavy atom. The van der Waals surface area contributed by atoms with Gasteiger partial charge in [0.05, 0.1) is 24.4 Å². The Bertz CT molecular complexity index is 1490. The number of rotatable bonds is 8. The number of carbonyl (C=O) groups is 3. The molecule has 0 amide bonds. The summed E-state index contributed by atoms with van der Waals surface area (Å²) in [6, 6.07) is 10.1. The fourth-order valence-electron chi connectivity index (χ4n) is 13.5. The zero-order chi connectivity index (χ0) is 36.5. The fourth-order valence-corrected chi connectivity index (χ4v) is 13.5. The minimum Gasteiger partial charge on any atom is -0.469 e. The van der Waals surface area contributed by atoms with Gasteiger partial charge in [0.25, 0.3) is 0 Å². The highest BCUT2D eigenvalue weighted by Crippen LogP contribution is 2.77. The molecule has 0 heterocycles. The average molecular weight is 689 g/mol. The average Bonchev–Trinajstić information content (AvgIpc) is 3.46. The third-order valence-electron chi connectivity index (χ3n) is 16.2. The van der Waals surface area contributed by atoms with E-state index in [0.717, 1.165) is 63.4 Å². The van der Waals surface area contributed by atoms with Crippen LogP contribution in [0.15, 0.2) is 42.5 Å². The van der Waals surface area contributed by atoms with Crippen molar-refractivity contribution in [3.8, 4) is 0 Å². The van der Waals surface area contributed by atoms with Crippen LogP contribution in [0.25, 0.3) is 0 Å². The lowest BCUT2D eigenvalue weighted by Crippen LogP contribution is -2.67.